The lowest BCUT2D eigenvalue weighted by Crippen LogP contribution is -2.19. The van der Waals surface area contributed by atoms with Crippen LogP contribution in [0.25, 0.3) is 0 Å². The third kappa shape index (κ3) is 4.68. The zero-order valence-corrected chi connectivity index (χ0v) is 13.3. The van der Waals surface area contributed by atoms with Crippen LogP contribution >= 0.6 is 23.5 Å². The highest BCUT2D eigenvalue weighted by Gasteiger charge is 2.22. The van der Waals surface area contributed by atoms with Crippen molar-refractivity contribution in [1.29, 1.82) is 0 Å². The Morgan fingerprint density at radius 1 is 1.42 bits per heavy atom. The van der Waals surface area contributed by atoms with Gasteiger partial charge in [0.15, 0.2) is 5.82 Å². The molecule has 0 spiro atoms. The molecule has 0 aliphatic carbocycles. The summed E-state index contributed by atoms with van der Waals surface area (Å²) in [5, 5.41) is 4.55. The van der Waals surface area contributed by atoms with Gasteiger partial charge < -0.3 is 10.3 Å². The van der Waals surface area contributed by atoms with Gasteiger partial charge in [0.25, 0.3) is 0 Å². The van der Waals surface area contributed by atoms with E-state index in [0.29, 0.717) is 23.6 Å². The first-order chi connectivity index (χ1) is 9.19. The highest BCUT2D eigenvalue weighted by atomic mass is 32.2. The van der Waals surface area contributed by atoms with Crippen molar-refractivity contribution in [3.05, 3.63) is 11.7 Å². The number of nitrogens with two attached hydrogens (primary N) is 1. The zero-order chi connectivity index (χ0) is 13.7. The Labute approximate surface area is 123 Å². The van der Waals surface area contributed by atoms with Crippen LogP contribution in [0.5, 0.6) is 0 Å². The van der Waals surface area contributed by atoms with Gasteiger partial charge in [0.2, 0.25) is 5.89 Å². The van der Waals surface area contributed by atoms with Gasteiger partial charge in [-0.1, -0.05) is 19.0 Å². The van der Waals surface area contributed by atoms with Crippen molar-refractivity contribution < 1.29 is 4.52 Å². The number of hydrogen-bond acceptors (Lipinski definition) is 6. The van der Waals surface area contributed by atoms with Crippen LogP contribution in [0.3, 0.4) is 0 Å². The topological polar surface area (TPSA) is 64.9 Å². The van der Waals surface area contributed by atoms with Gasteiger partial charge in [0.1, 0.15) is 0 Å². The summed E-state index contributed by atoms with van der Waals surface area (Å²) in [6.45, 7) is 5.12. The third-order valence-corrected chi connectivity index (χ3v) is 5.94. The Hall–Kier alpha value is -0.200. The standard InChI is InChI=1S/C13H23N3OS2/c1-9(2)5-10(7-14)6-12-15-13(16-17-12)11-8-18-3-4-19-11/h9-11H,3-8,14H2,1-2H3. The van der Waals surface area contributed by atoms with Crippen LogP contribution < -0.4 is 5.73 Å². The van der Waals surface area contributed by atoms with Crippen LogP contribution in [-0.4, -0.2) is 33.9 Å². The predicted molar refractivity (Wildman–Crippen MR) is 82.5 cm³/mol. The fourth-order valence-electron chi connectivity index (χ4n) is 2.30. The van der Waals surface area contributed by atoms with E-state index < -0.39 is 0 Å². The second-order valence-corrected chi connectivity index (χ2v) is 7.88. The van der Waals surface area contributed by atoms with Crippen molar-refractivity contribution >= 4 is 23.5 Å². The molecule has 1 saturated heterocycles. The Morgan fingerprint density at radius 3 is 2.89 bits per heavy atom. The van der Waals surface area contributed by atoms with Crippen LogP contribution in [0.4, 0.5) is 0 Å². The summed E-state index contributed by atoms with van der Waals surface area (Å²) in [6.07, 6.45) is 1.93. The van der Waals surface area contributed by atoms with Gasteiger partial charge in [0.05, 0.1) is 5.25 Å². The highest BCUT2D eigenvalue weighted by molar-refractivity contribution is 8.06. The van der Waals surface area contributed by atoms with Crippen LogP contribution in [0.1, 0.15) is 37.2 Å². The molecule has 0 amide bonds. The van der Waals surface area contributed by atoms with Gasteiger partial charge in [-0.05, 0) is 24.8 Å². The Balaban J connectivity index is 1.92. The number of nitrogens with zero attached hydrogens (tertiary/aromatic N) is 2. The number of hydrogen-bond donors (Lipinski definition) is 1. The summed E-state index contributed by atoms with van der Waals surface area (Å²) in [4.78, 5) is 4.56. The summed E-state index contributed by atoms with van der Waals surface area (Å²) in [5.74, 6) is 6.22. The molecular weight excluding hydrogens is 278 g/mol. The minimum atomic E-state index is 0.401. The monoisotopic (exact) mass is 301 g/mol. The second kappa shape index (κ2) is 7.55. The van der Waals surface area contributed by atoms with Gasteiger partial charge in [-0.15, -0.1) is 11.8 Å². The minimum absolute atomic E-state index is 0.401. The van der Waals surface area contributed by atoms with E-state index >= 15 is 0 Å². The lowest BCUT2D eigenvalue weighted by atomic mass is 9.94. The molecule has 0 bridgehead atoms. The Kier molecular flexibility index (Phi) is 6.04. The van der Waals surface area contributed by atoms with Crippen LogP contribution in [0.2, 0.25) is 0 Å². The molecule has 0 saturated carbocycles. The summed E-state index contributed by atoms with van der Waals surface area (Å²) in [5.41, 5.74) is 5.82. The van der Waals surface area contributed by atoms with E-state index in [9.17, 15) is 0 Å². The first-order valence-corrected chi connectivity index (χ1v) is 9.11. The first kappa shape index (κ1) is 15.2. The average Bonchev–Trinajstić information content (AvgIpc) is 2.87. The van der Waals surface area contributed by atoms with Gasteiger partial charge in [-0.25, -0.2) is 0 Å². The summed E-state index contributed by atoms with van der Waals surface area (Å²) in [6, 6.07) is 0. The first-order valence-electron chi connectivity index (χ1n) is 6.91. The van der Waals surface area contributed by atoms with Crippen LogP contribution in [0, 0.1) is 11.8 Å². The number of aromatic nitrogens is 2. The molecule has 0 aromatic carbocycles. The molecule has 1 aliphatic heterocycles. The van der Waals surface area contributed by atoms with Gasteiger partial charge >= 0.3 is 0 Å². The molecule has 2 unspecified atom stereocenters. The summed E-state index contributed by atoms with van der Waals surface area (Å²) < 4.78 is 5.39. The average molecular weight is 301 g/mol. The Bertz CT molecular complexity index is 378. The quantitative estimate of drug-likeness (QED) is 0.871. The van der Waals surface area contributed by atoms with Crippen LogP contribution in [0.15, 0.2) is 4.52 Å². The molecule has 1 aromatic heterocycles. The molecule has 1 fully saturated rings. The predicted octanol–water partition coefficient (Wildman–Crippen LogP) is 2.75. The molecular formula is C13H23N3OS2. The van der Waals surface area contributed by atoms with Gasteiger partial charge in [-0.3, -0.25) is 0 Å². The fourth-order valence-corrected chi connectivity index (χ4v) is 4.88. The van der Waals surface area contributed by atoms with Crippen molar-refractivity contribution in [2.75, 3.05) is 23.8 Å². The fraction of sp³-hybridized carbons (Fsp3) is 0.846. The van der Waals surface area contributed by atoms with E-state index in [1.807, 2.05) is 23.5 Å². The molecule has 4 nitrogen and oxygen atoms in total. The molecule has 2 N–H and O–H groups in total. The normalized spacial score (nSPS) is 21.8. The lowest BCUT2D eigenvalue weighted by molar-refractivity contribution is 0.329. The molecule has 1 aromatic rings. The number of rotatable bonds is 6. The van der Waals surface area contributed by atoms with Crippen LogP contribution in [-0.2, 0) is 6.42 Å². The molecule has 2 rings (SSSR count). The Morgan fingerprint density at radius 2 is 2.26 bits per heavy atom. The molecule has 2 atom stereocenters. The minimum Gasteiger partial charge on any atom is -0.339 e. The van der Waals surface area contributed by atoms with Gasteiger partial charge in [-0.2, -0.15) is 16.7 Å². The SMILES string of the molecule is CC(C)CC(CN)Cc1nc(C2CSCCS2)no1. The van der Waals surface area contributed by atoms with E-state index in [2.05, 4.69) is 24.0 Å². The van der Waals surface area contributed by atoms with E-state index in [1.54, 1.807) is 0 Å². The maximum Gasteiger partial charge on any atom is 0.227 e. The van der Waals surface area contributed by atoms with Crippen molar-refractivity contribution in [2.24, 2.45) is 17.6 Å². The molecule has 19 heavy (non-hydrogen) atoms. The van der Waals surface area contributed by atoms with Gasteiger partial charge in [0, 0.05) is 23.7 Å². The second-order valence-electron chi connectivity index (χ2n) is 5.42. The molecule has 6 heteroatoms. The van der Waals surface area contributed by atoms with Crippen molar-refractivity contribution in [1.82, 2.24) is 10.1 Å². The van der Waals surface area contributed by atoms with E-state index in [0.717, 1.165) is 30.3 Å². The van der Waals surface area contributed by atoms with Crippen molar-refractivity contribution in [2.45, 2.75) is 31.9 Å². The van der Waals surface area contributed by atoms with E-state index in [4.69, 9.17) is 10.3 Å². The summed E-state index contributed by atoms with van der Waals surface area (Å²) in [7, 11) is 0. The molecule has 1 aliphatic rings. The largest absolute Gasteiger partial charge is 0.339 e. The zero-order valence-electron chi connectivity index (χ0n) is 11.7. The maximum absolute atomic E-state index is 5.82. The maximum atomic E-state index is 5.82. The molecule has 108 valence electrons. The third-order valence-electron chi connectivity index (χ3n) is 3.19. The van der Waals surface area contributed by atoms with E-state index in [-0.39, 0.29) is 0 Å². The molecule has 2 heterocycles. The highest BCUT2D eigenvalue weighted by Crippen LogP contribution is 2.35. The number of thioether (sulfide) groups is 2. The summed E-state index contributed by atoms with van der Waals surface area (Å²) >= 11 is 3.91. The lowest BCUT2D eigenvalue weighted by Gasteiger charge is -2.17. The smallest absolute Gasteiger partial charge is 0.227 e. The molecule has 0 radical (unpaired) electrons. The van der Waals surface area contributed by atoms with E-state index in [1.165, 1.54) is 11.5 Å². The van der Waals surface area contributed by atoms with Crippen molar-refractivity contribution in [3.63, 3.8) is 0 Å². The van der Waals surface area contributed by atoms with Crippen molar-refractivity contribution in [3.8, 4) is 0 Å².